The van der Waals surface area contributed by atoms with Gasteiger partial charge in [-0.1, -0.05) is 30.3 Å². The average Bonchev–Trinajstić information content (AvgIpc) is 3.05. The minimum atomic E-state index is -3.87. The van der Waals surface area contributed by atoms with E-state index in [4.69, 9.17) is 5.14 Å². The van der Waals surface area contributed by atoms with Gasteiger partial charge in [-0.05, 0) is 29.8 Å². The number of nitrogens with zero attached hydrogens (tertiary/aromatic N) is 2. The van der Waals surface area contributed by atoms with Crippen molar-refractivity contribution < 1.29 is 18.1 Å². The van der Waals surface area contributed by atoms with Crippen LogP contribution < -0.4 is 5.14 Å². The molecule has 0 fully saturated rings. The van der Waals surface area contributed by atoms with Crippen LogP contribution in [0, 0.1) is 10.1 Å². The number of hydrogen-bond acceptors (Lipinski definition) is 5. The fraction of sp³-hybridized carbons (Fsp3) is 0.150. The summed E-state index contributed by atoms with van der Waals surface area (Å²) in [5.74, 6) is -0.319. The van der Waals surface area contributed by atoms with E-state index in [1.807, 2.05) is 0 Å². The van der Waals surface area contributed by atoms with Crippen LogP contribution in [0.25, 0.3) is 0 Å². The molecule has 1 aromatic heterocycles. The second-order valence-corrected chi connectivity index (χ2v) is 8.34. The third-order valence-corrected chi connectivity index (χ3v) is 5.99. The van der Waals surface area contributed by atoms with Gasteiger partial charge in [0.05, 0.1) is 10.6 Å². The van der Waals surface area contributed by atoms with E-state index in [1.54, 1.807) is 54.1 Å². The van der Waals surface area contributed by atoms with Crippen LogP contribution in [0.1, 0.15) is 32.6 Å². The quantitative estimate of drug-likeness (QED) is 0.362. The number of benzene rings is 2. The summed E-state index contributed by atoms with van der Waals surface area (Å²) in [6.45, 7) is 0. The summed E-state index contributed by atoms with van der Waals surface area (Å²) in [6.07, 6.45) is 0.104. The highest BCUT2D eigenvalue weighted by atomic mass is 32.2. The lowest BCUT2D eigenvalue weighted by atomic mass is 10.1. The van der Waals surface area contributed by atoms with Crippen LogP contribution in [-0.4, -0.2) is 23.7 Å². The molecule has 0 bridgehead atoms. The van der Waals surface area contributed by atoms with E-state index in [0.717, 1.165) is 0 Å². The molecular weight excluding hydrogens is 394 g/mol. The lowest BCUT2D eigenvalue weighted by Gasteiger charge is -2.16. The molecule has 0 aliphatic rings. The number of nitro groups is 1. The first-order valence-electron chi connectivity index (χ1n) is 8.69. The second kappa shape index (κ2) is 7.98. The lowest BCUT2D eigenvalue weighted by Crippen LogP contribution is -2.24. The SMILES string of the molecule is Cn1c(CC(c2ccccc2)S(N)(=O)=O)ccc1C(=O)c1ccc([N+](=O)[O-])cc1. The highest BCUT2D eigenvalue weighted by Crippen LogP contribution is 2.26. The van der Waals surface area contributed by atoms with Crippen molar-refractivity contribution >= 4 is 21.5 Å². The summed E-state index contributed by atoms with van der Waals surface area (Å²) < 4.78 is 25.9. The van der Waals surface area contributed by atoms with Gasteiger partial charge in [0.2, 0.25) is 15.8 Å². The number of rotatable bonds is 7. The topological polar surface area (TPSA) is 125 Å². The van der Waals surface area contributed by atoms with Crippen LogP contribution in [0.4, 0.5) is 5.69 Å². The monoisotopic (exact) mass is 413 g/mol. The summed E-state index contributed by atoms with van der Waals surface area (Å²) in [5, 5.41) is 15.3. The molecule has 0 radical (unpaired) electrons. The highest BCUT2D eigenvalue weighted by Gasteiger charge is 2.26. The molecule has 2 N–H and O–H groups in total. The predicted octanol–water partition coefficient (Wildman–Crippen LogP) is 2.74. The van der Waals surface area contributed by atoms with Gasteiger partial charge < -0.3 is 4.57 Å². The van der Waals surface area contributed by atoms with E-state index in [1.165, 1.54) is 24.3 Å². The van der Waals surface area contributed by atoms with Crippen molar-refractivity contribution in [1.82, 2.24) is 4.57 Å². The number of hydrogen-bond donors (Lipinski definition) is 1. The van der Waals surface area contributed by atoms with Crippen molar-refractivity contribution in [3.8, 4) is 0 Å². The van der Waals surface area contributed by atoms with E-state index >= 15 is 0 Å². The van der Waals surface area contributed by atoms with Gasteiger partial charge in [-0.2, -0.15) is 0 Å². The van der Waals surface area contributed by atoms with Gasteiger partial charge in [0.25, 0.3) is 5.69 Å². The minimum Gasteiger partial charge on any atom is -0.345 e. The number of non-ortho nitro benzene ring substituents is 1. The molecule has 2 aromatic carbocycles. The predicted molar refractivity (Wildman–Crippen MR) is 108 cm³/mol. The number of nitro benzene ring substituents is 1. The maximum atomic E-state index is 12.8. The number of nitrogens with two attached hydrogens (primary N) is 1. The third-order valence-electron chi connectivity index (χ3n) is 4.76. The van der Waals surface area contributed by atoms with Gasteiger partial charge in [-0.3, -0.25) is 14.9 Å². The number of primary sulfonamides is 1. The Hall–Kier alpha value is -3.30. The molecule has 29 heavy (non-hydrogen) atoms. The van der Waals surface area contributed by atoms with Crippen LogP contribution in [0.15, 0.2) is 66.7 Å². The Morgan fingerprint density at radius 3 is 2.24 bits per heavy atom. The van der Waals surface area contributed by atoms with Crippen LogP contribution in [-0.2, 0) is 23.5 Å². The first-order valence-corrected chi connectivity index (χ1v) is 10.3. The van der Waals surface area contributed by atoms with Crippen molar-refractivity contribution in [2.45, 2.75) is 11.7 Å². The van der Waals surface area contributed by atoms with Gasteiger partial charge in [-0.15, -0.1) is 0 Å². The fourth-order valence-electron chi connectivity index (χ4n) is 3.15. The maximum absolute atomic E-state index is 12.8. The van der Waals surface area contributed by atoms with E-state index in [2.05, 4.69) is 0 Å². The Bertz CT molecular complexity index is 1150. The van der Waals surface area contributed by atoms with Gasteiger partial charge in [0, 0.05) is 36.9 Å². The van der Waals surface area contributed by atoms with Crippen LogP contribution >= 0.6 is 0 Å². The number of carbonyl (C=O) groups excluding carboxylic acids is 1. The fourth-order valence-corrected chi connectivity index (χ4v) is 4.09. The minimum absolute atomic E-state index is 0.104. The van der Waals surface area contributed by atoms with Crippen LogP contribution in [0.3, 0.4) is 0 Å². The normalized spacial score (nSPS) is 12.5. The number of ketones is 1. The average molecular weight is 413 g/mol. The molecule has 8 nitrogen and oxygen atoms in total. The molecule has 0 amide bonds. The molecule has 0 saturated heterocycles. The molecule has 150 valence electrons. The molecule has 3 aromatic rings. The van der Waals surface area contributed by atoms with E-state index < -0.39 is 20.2 Å². The van der Waals surface area contributed by atoms with Gasteiger partial charge in [0.15, 0.2) is 0 Å². The summed E-state index contributed by atoms with van der Waals surface area (Å²) in [5.41, 5.74) is 1.73. The number of aromatic nitrogens is 1. The summed E-state index contributed by atoms with van der Waals surface area (Å²) in [7, 11) is -2.21. The van der Waals surface area contributed by atoms with E-state index in [-0.39, 0.29) is 17.9 Å². The molecule has 1 atom stereocenters. The first kappa shape index (κ1) is 20.4. The molecule has 0 spiro atoms. The molecule has 9 heteroatoms. The second-order valence-electron chi connectivity index (χ2n) is 6.59. The lowest BCUT2D eigenvalue weighted by molar-refractivity contribution is -0.384. The van der Waals surface area contributed by atoms with Crippen molar-refractivity contribution in [2.24, 2.45) is 12.2 Å². The molecule has 0 saturated carbocycles. The number of carbonyl (C=O) groups is 1. The van der Waals surface area contributed by atoms with Crippen LogP contribution in [0.2, 0.25) is 0 Å². The van der Waals surface area contributed by atoms with Crippen molar-refractivity contribution in [2.75, 3.05) is 0 Å². The van der Waals surface area contributed by atoms with Crippen molar-refractivity contribution in [3.63, 3.8) is 0 Å². The standard InChI is InChI=1S/C20H19N3O5S/c1-22-17(13-19(29(21,27)28)14-5-3-2-4-6-14)11-12-18(22)20(24)15-7-9-16(10-8-15)23(25)26/h2-12,19H,13H2,1H3,(H2,21,27,28). The molecule has 0 aliphatic carbocycles. The Morgan fingerprint density at radius 1 is 1.07 bits per heavy atom. The number of sulfonamides is 1. The first-order chi connectivity index (χ1) is 13.7. The largest absolute Gasteiger partial charge is 0.345 e. The summed E-state index contributed by atoms with van der Waals surface area (Å²) in [6, 6.07) is 17.3. The van der Waals surface area contributed by atoms with Gasteiger partial charge >= 0.3 is 0 Å². The van der Waals surface area contributed by atoms with Crippen LogP contribution in [0.5, 0.6) is 0 Å². The third kappa shape index (κ3) is 4.41. The zero-order valence-corrected chi connectivity index (χ0v) is 16.4. The van der Waals surface area contributed by atoms with Gasteiger partial charge in [-0.25, -0.2) is 13.6 Å². The summed E-state index contributed by atoms with van der Waals surface area (Å²) >= 11 is 0. The van der Waals surface area contributed by atoms with E-state index in [9.17, 15) is 23.3 Å². The van der Waals surface area contributed by atoms with Gasteiger partial charge in [0.1, 0.15) is 5.25 Å². The summed E-state index contributed by atoms with van der Waals surface area (Å²) in [4.78, 5) is 23.0. The molecule has 3 rings (SSSR count). The highest BCUT2D eigenvalue weighted by molar-refractivity contribution is 7.89. The Balaban J connectivity index is 1.90. The zero-order valence-electron chi connectivity index (χ0n) is 15.6. The Labute approximate surface area is 167 Å². The smallest absolute Gasteiger partial charge is 0.269 e. The van der Waals surface area contributed by atoms with E-state index in [0.29, 0.717) is 22.5 Å². The Kier molecular flexibility index (Phi) is 5.62. The molecule has 0 aliphatic heterocycles. The molecule has 1 unspecified atom stereocenters. The maximum Gasteiger partial charge on any atom is 0.269 e. The zero-order chi connectivity index (χ0) is 21.2. The Morgan fingerprint density at radius 2 is 1.69 bits per heavy atom. The molecular formula is C20H19N3O5S. The molecule has 1 heterocycles. The van der Waals surface area contributed by atoms with Crippen molar-refractivity contribution in [3.05, 3.63) is 99.4 Å². The van der Waals surface area contributed by atoms with Crippen molar-refractivity contribution in [1.29, 1.82) is 0 Å².